The van der Waals surface area contributed by atoms with E-state index in [0.717, 1.165) is 29.6 Å². The molecular weight excluding hydrogens is 348 g/mol. The number of pyridine rings is 1. The van der Waals surface area contributed by atoms with E-state index in [1.54, 1.807) is 4.52 Å². The Bertz CT molecular complexity index is 982. The van der Waals surface area contributed by atoms with Crippen LogP contribution in [0.1, 0.15) is 42.5 Å². The van der Waals surface area contributed by atoms with E-state index in [4.69, 9.17) is 5.10 Å². The van der Waals surface area contributed by atoms with Gasteiger partial charge in [0.1, 0.15) is 5.69 Å². The molecule has 0 saturated carbocycles. The van der Waals surface area contributed by atoms with Crippen LogP contribution in [-0.2, 0) is 0 Å². The number of rotatable bonds is 3. The van der Waals surface area contributed by atoms with Crippen LogP contribution in [0, 0.1) is 0 Å². The number of nitrogens with zero attached hydrogens (tertiary/aromatic N) is 3. The van der Waals surface area contributed by atoms with E-state index in [0.29, 0.717) is 17.6 Å². The number of nitrogens with one attached hydrogen (secondary N) is 1. The Kier molecular flexibility index (Phi) is 4.40. The van der Waals surface area contributed by atoms with Crippen molar-refractivity contribution in [3.05, 3.63) is 60.3 Å². The summed E-state index contributed by atoms with van der Waals surface area (Å²) in [4.78, 5) is 15.9. The lowest BCUT2D eigenvalue weighted by Gasteiger charge is -2.47. The standard InChI is InChI=1S/C23H26N4O/c1-26-18-10-7-11-19(26)15-17(14-18)24-23(28)21-20-12-5-6-13-27(20)25-22(21)16-8-3-2-4-9-16/h2-6,8-9,12-13,17-19H,7,10-11,14-15H2,1H3,(H,24,28). The molecule has 2 saturated heterocycles. The fourth-order valence-electron chi connectivity index (χ4n) is 5.01. The molecule has 2 unspecified atom stereocenters. The lowest BCUT2D eigenvalue weighted by atomic mass is 9.82. The van der Waals surface area contributed by atoms with Crippen LogP contribution < -0.4 is 5.32 Å². The third-order valence-corrected chi connectivity index (χ3v) is 6.49. The van der Waals surface area contributed by atoms with Gasteiger partial charge in [-0.2, -0.15) is 5.10 Å². The van der Waals surface area contributed by atoms with Crippen molar-refractivity contribution in [1.82, 2.24) is 19.8 Å². The van der Waals surface area contributed by atoms with Gasteiger partial charge in [-0.25, -0.2) is 4.52 Å². The molecule has 1 aromatic carbocycles. The van der Waals surface area contributed by atoms with Crippen LogP contribution in [0.15, 0.2) is 54.7 Å². The first-order valence-electron chi connectivity index (χ1n) is 10.3. The summed E-state index contributed by atoms with van der Waals surface area (Å²) >= 11 is 0. The van der Waals surface area contributed by atoms with Crippen molar-refractivity contribution in [2.75, 3.05) is 7.05 Å². The summed E-state index contributed by atoms with van der Waals surface area (Å²) < 4.78 is 1.81. The Hall–Kier alpha value is -2.66. The minimum atomic E-state index is -0.00678. The van der Waals surface area contributed by atoms with Gasteiger partial charge in [-0.05, 0) is 44.9 Å². The van der Waals surface area contributed by atoms with Gasteiger partial charge in [-0.3, -0.25) is 4.79 Å². The normalized spacial score (nSPS) is 25.0. The number of carbonyl (C=O) groups excluding carboxylic acids is 1. The fourth-order valence-corrected chi connectivity index (χ4v) is 5.01. The highest BCUT2D eigenvalue weighted by Crippen LogP contribution is 2.33. The summed E-state index contributed by atoms with van der Waals surface area (Å²) in [5, 5.41) is 8.07. The van der Waals surface area contributed by atoms with Crippen LogP contribution >= 0.6 is 0 Å². The van der Waals surface area contributed by atoms with Gasteiger partial charge in [0.2, 0.25) is 0 Å². The molecule has 5 nitrogen and oxygen atoms in total. The van der Waals surface area contributed by atoms with E-state index in [9.17, 15) is 4.79 Å². The number of benzene rings is 1. The zero-order valence-corrected chi connectivity index (χ0v) is 16.2. The Morgan fingerprint density at radius 1 is 1.04 bits per heavy atom. The van der Waals surface area contributed by atoms with Gasteiger partial charge in [0.15, 0.2) is 0 Å². The van der Waals surface area contributed by atoms with Crippen LogP contribution in [0.5, 0.6) is 0 Å². The Labute approximate surface area is 165 Å². The highest BCUT2D eigenvalue weighted by molar-refractivity contribution is 6.06. The van der Waals surface area contributed by atoms with Crippen molar-refractivity contribution in [3.8, 4) is 11.3 Å². The number of hydrogen-bond acceptors (Lipinski definition) is 3. The summed E-state index contributed by atoms with van der Waals surface area (Å²) in [6, 6.07) is 17.3. The molecule has 0 aliphatic carbocycles. The quantitative estimate of drug-likeness (QED) is 0.760. The highest BCUT2D eigenvalue weighted by Gasteiger charge is 2.37. The summed E-state index contributed by atoms with van der Waals surface area (Å²) in [5.74, 6) is -0.00678. The largest absolute Gasteiger partial charge is 0.349 e. The molecule has 1 N–H and O–H groups in total. The topological polar surface area (TPSA) is 49.6 Å². The molecule has 0 spiro atoms. The molecule has 4 heterocycles. The minimum Gasteiger partial charge on any atom is -0.349 e. The first kappa shape index (κ1) is 17.4. The average Bonchev–Trinajstić information content (AvgIpc) is 3.09. The van der Waals surface area contributed by atoms with Crippen LogP contribution in [0.4, 0.5) is 0 Å². The molecule has 2 aliphatic rings. The van der Waals surface area contributed by atoms with Gasteiger partial charge in [-0.1, -0.05) is 42.8 Å². The Morgan fingerprint density at radius 3 is 2.50 bits per heavy atom. The molecular formula is C23H26N4O. The van der Waals surface area contributed by atoms with Crippen LogP contribution in [0.25, 0.3) is 16.8 Å². The Morgan fingerprint density at radius 2 is 1.75 bits per heavy atom. The molecule has 2 aromatic heterocycles. The third kappa shape index (κ3) is 3.00. The van der Waals surface area contributed by atoms with Gasteiger partial charge in [-0.15, -0.1) is 0 Å². The lowest BCUT2D eigenvalue weighted by molar-refractivity contribution is 0.0463. The molecule has 3 aromatic rings. The van der Waals surface area contributed by atoms with Gasteiger partial charge >= 0.3 is 0 Å². The smallest absolute Gasteiger partial charge is 0.255 e. The number of hydrogen-bond donors (Lipinski definition) is 1. The maximum absolute atomic E-state index is 13.4. The second-order valence-electron chi connectivity index (χ2n) is 8.17. The molecule has 144 valence electrons. The number of amides is 1. The summed E-state index contributed by atoms with van der Waals surface area (Å²) in [6.07, 6.45) is 7.78. The predicted molar refractivity (Wildman–Crippen MR) is 110 cm³/mol. The van der Waals surface area contributed by atoms with Crippen molar-refractivity contribution < 1.29 is 4.79 Å². The number of carbonyl (C=O) groups is 1. The fraction of sp³-hybridized carbons (Fsp3) is 0.391. The molecule has 1 amide bonds. The van der Waals surface area contributed by atoms with Crippen molar-refractivity contribution in [2.45, 2.75) is 50.2 Å². The van der Waals surface area contributed by atoms with Crippen molar-refractivity contribution >= 4 is 11.4 Å². The lowest BCUT2D eigenvalue weighted by Crippen LogP contribution is -2.55. The Balaban J connectivity index is 1.48. The molecule has 2 bridgehead atoms. The number of fused-ring (bicyclic) bond motifs is 3. The average molecular weight is 374 g/mol. The van der Waals surface area contributed by atoms with E-state index in [2.05, 4.69) is 17.3 Å². The van der Waals surface area contributed by atoms with Gasteiger partial charge in [0, 0.05) is 29.9 Å². The first-order chi connectivity index (χ1) is 13.7. The second-order valence-corrected chi connectivity index (χ2v) is 8.17. The molecule has 2 aliphatic heterocycles. The predicted octanol–water partition coefficient (Wildman–Crippen LogP) is 3.75. The van der Waals surface area contributed by atoms with E-state index >= 15 is 0 Å². The number of aromatic nitrogens is 2. The SMILES string of the molecule is CN1C2CCCC1CC(NC(=O)c1c(-c3ccccc3)nn3ccccc13)C2. The zero-order valence-electron chi connectivity index (χ0n) is 16.2. The summed E-state index contributed by atoms with van der Waals surface area (Å²) in [6.45, 7) is 0. The molecule has 2 fully saturated rings. The van der Waals surface area contributed by atoms with Gasteiger partial charge in [0.25, 0.3) is 5.91 Å². The molecule has 5 rings (SSSR count). The monoisotopic (exact) mass is 374 g/mol. The van der Waals surface area contributed by atoms with E-state index in [-0.39, 0.29) is 11.9 Å². The zero-order chi connectivity index (χ0) is 19.1. The summed E-state index contributed by atoms with van der Waals surface area (Å²) in [7, 11) is 2.24. The van der Waals surface area contributed by atoms with Crippen LogP contribution in [0.3, 0.4) is 0 Å². The maximum Gasteiger partial charge on any atom is 0.255 e. The van der Waals surface area contributed by atoms with E-state index in [1.165, 1.54) is 19.3 Å². The second kappa shape index (κ2) is 7.06. The van der Waals surface area contributed by atoms with Crippen molar-refractivity contribution in [1.29, 1.82) is 0 Å². The third-order valence-electron chi connectivity index (χ3n) is 6.49. The number of piperidine rings is 2. The van der Waals surface area contributed by atoms with Crippen LogP contribution in [-0.4, -0.2) is 45.6 Å². The van der Waals surface area contributed by atoms with Gasteiger partial charge in [0.05, 0.1) is 11.1 Å². The highest BCUT2D eigenvalue weighted by atomic mass is 16.1. The molecule has 5 heteroatoms. The van der Waals surface area contributed by atoms with E-state index in [1.807, 2.05) is 54.7 Å². The van der Waals surface area contributed by atoms with Crippen molar-refractivity contribution in [2.24, 2.45) is 0 Å². The van der Waals surface area contributed by atoms with E-state index < -0.39 is 0 Å². The molecule has 0 radical (unpaired) electrons. The minimum absolute atomic E-state index is 0.00678. The molecule has 28 heavy (non-hydrogen) atoms. The van der Waals surface area contributed by atoms with Gasteiger partial charge < -0.3 is 10.2 Å². The molecule has 2 atom stereocenters. The van der Waals surface area contributed by atoms with Crippen LogP contribution in [0.2, 0.25) is 0 Å². The summed E-state index contributed by atoms with van der Waals surface area (Å²) in [5.41, 5.74) is 3.25. The van der Waals surface area contributed by atoms with Crippen molar-refractivity contribution in [3.63, 3.8) is 0 Å². The first-order valence-corrected chi connectivity index (χ1v) is 10.3. The maximum atomic E-state index is 13.4.